The van der Waals surface area contributed by atoms with Crippen LogP contribution >= 0.6 is 11.3 Å². The summed E-state index contributed by atoms with van der Waals surface area (Å²) in [6, 6.07) is 14.8. The summed E-state index contributed by atoms with van der Waals surface area (Å²) in [5.41, 5.74) is 1.81. The number of amides is 1. The molecular weight excluding hydrogens is 444 g/mol. The molecule has 0 unspecified atom stereocenters. The SMILES string of the molecule is O=C(C1=CN2CCS(=O)(=O)N=C2C=C1)N1CCN(Cc2ccc(-c3ccccc3)s2)CC1. The molecule has 5 rings (SSSR count). The zero-order chi connectivity index (χ0) is 22.1. The average molecular weight is 469 g/mol. The fraction of sp³-hybridized carbons (Fsp3) is 0.304. The van der Waals surface area contributed by atoms with E-state index in [1.807, 2.05) is 22.3 Å². The second-order valence-corrected chi connectivity index (χ2v) is 11.0. The summed E-state index contributed by atoms with van der Waals surface area (Å²) >= 11 is 1.82. The molecule has 3 aliphatic heterocycles. The van der Waals surface area contributed by atoms with Gasteiger partial charge >= 0.3 is 0 Å². The molecule has 1 aromatic carbocycles. The highest BCUT2D eigenvalue weighted by atomic mass is 32.2. The third-order valence-electron chi connectivity index (χ3n) is 5.83. The molecule has 0 aliphatic carbocycles. The molecule has 7 nitrogen and oxygen atoms in total. The van der Waals surface area contributed by atoms with E-state index in [4.69, 9.17) is 0 Å². The van der Waals surface area contributed by atoms with Crippen LogP contribution in [0.3, 0.4) is 0 Å². The van der Waals surface area contributed by atoms with Crippen LogP contribution in [0.4, 0.5) is 0 Å². The molecule has 0 bridgehead atoms. The van der Waals surface area contributed by atoms with Gasteiger partial charge in [-0.05, 0) is 29.8 Å². The Kier molecular flexibility index (Phi) is 5.71. The van der Waals surface area contributed by atoms with E-state index in [1.165, 1.54) is 15.3 Å². The summed E-state index contributed by atoms with van der Waals surface area (Å²) in [7, 11) is -3.39. The number of carbonyl (C=O) groups is 1. The Bertz CT molecular complexity index is 1210. The lowest BCUT2D eigenvalue weighted by Gasteiger charge is -2.35. The summed E-state index contributed by atoms with van der Waals surface area (Å²) in [6.45, 7) is 4.23. The van der Waals surface area contributed by atoms with Crippen molar-refractivity contribution >= 4 is 33.1 Å². The van der Waals surface area contributed by atoms with Gasteiger partial charge in [0.15, 0.2) is 0 Å². The number of rotatable bonds is 4. The maximum absolute atomic E-state index is 13.0. The predicted molar refractivity (Wildman–Crippen MR) is 127 cm³/mol. The number of nitrogens with zero attached hydrogens (tertiary/aromatic N) is 4. The van der Waals surface area contributed by atoms with Gasteiger partial charge in [-0.1, -0.05) is 30.3 Å². The lowest BCUT2D eigenvalue weighted by atomic mass is 10.1. The van der Waals surface area contributed by atoms with Crippen molar-refractivity contribution < 1.29 is 13.2 Å². The lowest BCUT2D eigenvalue weighted by molar-refractivity contribution is -0.128. The minimum atomic E-state index is -3.39. The Hall–Kier alpha value is -2.75. The van der Waals surface area contributed by atoms with Gasteiger partial charge in [-0.3, -0.25) is 9.69 Å². The molecule has 0 spiro atoms. The van der Waals surface area contributed by atoms with E-state index in [9.17, 15) is 13.2 Å². The van der Waals surface area contributed by atoms with E-state index in [2.05, 4.69) is 45.7 Å². The van der Waals surface area contributed by atoms with Gasteiger partial charge in [0.1, 0.15) is 5.84 Å². The third kappa shape index (κ3) is 4.55. The van der Waals surface area contributed by atoms with Crippen LogP contribution < -0.4 is 0 Å². The molecule has 1 amide bonds. The smallest absolute Gasteiger partial charge is 0.256 e. The van der Waals surface area contributed by atoms with Crippen LogP contribution in [0.1, 0.15) is 4.88 Å². The van der Waals surface area contributed by atoms with E-state index in [0.717, 1.165) is 19.6 Å². The Morgan fingerprint density at radius 3 is 2.53 bits per heavy atom. The quantitative estimate of drug-likeness (QED) is 0.690. The lowest BCUT2D eigenvalue weighted by Crippen LogP contribution is -2.49. The monoisotopic (exact) mass is 468 g/mol. The second-order valence-electron chi connectivity index (χ2n) is 8.05. The van der Waals surface area contributed by atoms with E-state index in [-0.39, 0.29) is 11.7 Å². The number of hydrogen-bond donors (Lipinski definition) is 0. The molecule has 1 saturated heterocycles. The minimum absolute atomic E-state index is 0.0177. The Morgan fingerprint density at radius 2 is 1.75 bits per heavy atom. The van der Waals surface area contributed by atoms with E-state index >= 15 is 0 Å². The van der Waals surface area contributed by atoms with Crippen LogP contribution in [0.15, 0.2) is 70.8 Å². The Labute approximate surface area is 192 Å². The molecule has 4 heterocycles. The highest BCUT2D eigenvalue weighted by molar-refractivity contribution is 7.90. The van der Waals surface area contributed by atoms with Crippen molar-refractivity contribution in [2.45, 2.75) is 6.54 Å². The number of hydrogen-bond acceptors (Lipinski definition) is 6. The van der Waals surface area contributed by atoms with Crippen LogP contribution in [-0.2, 0) is 21.4 Å². The average Bonchev–Trinajstić information content (AvgIpc) is 3.27. The van der Waals surface area contributed by atoms with Crippen molar-refractivity contribution in [3.05, 3.63) is 71.3 Å². The highest BCUT2D eigenvalue weighted by Gasteiger charge is 2.28. The third-order valence-corrected chi connectivity index (χ3v) is 8.11. The number of amidine groups is 1. The summed E-state index contributed by atoms with van der Waals surface area (Å²) in [4.78, 5) is 21.6. The van der Waals surface area contributed by atoms with Gasteiger partial charge in [0.05, 0.1) is 11.3 Å². The van der Waals surface area contributed by atoms with E-state index in [1.54, 1.807) is 23.3 Å². The van der Waals surface area contributed by atoms with Crippen LogP contribution in [-0.4, -0.2) is 73.3 Å². The van der Waals surface area contributed by atoms with Crippen LogP contribution in [0.2, 0.25) is 0 Å². The first-order chi connectivity index (χ1) is 15.5. The summed E-state index contributed by atoms with van der Waals surface area (Å²) in [5.74, 6) is 0.328. The molecule has 0 radical (unpaired) electrons. The van der Waals surface area contributed by atoms with Crippen molar-refractivity contribution in [2.75, 3.05) is 38.5 Å². The summed E-state index contributed by atoms with van der Waals surface area (Å²) in [5, 5.41) is 0. The van der Waals surface area contributed by atoms with Crippen molar-refractivity contribution in [2.24, 2.45) is 4.40 Å². The standard InChI is InChI=1S/C23H24N4O3S2/c28-23(19-6-9-22-24-32(29,30)15-14-27(22)16-19)26-12-10-25(11-13-26)17-20-7-8-21(31-20)18-4-2-1-3-5-18/h1-9,16H,10-15,17H2. The molecule has 32 heavy (non-hydrogen) atoms. The molecule has 0 saturated carbocycles. The molecule has 1 fully saturated rings. The molecular formula is C23H24N4O3S2. The fourth-order valence-corrected chi connectivity index (χ4v) is 6.09. The van der Waals surface area contributed by atoms with Crippen molar-refractivity contribution in [3.8, 4) is 10.4 Å². The summed E-state index contributed by atoms with van der Waals surface area (Å²) in [6.07, 6.45) is 5.00. The summed E-state index contributed by atoms with van der Waals surface area (Å²) < 4.78 is 27.1. The van der Waals surface area contributed by atoms with Crippen LogP contribution in [0.25, 0.3) is 10.4 Å². The van der Waals surface area contributed by atoms with Crippen molar-refractivity contribution in [1.82, 2.24) is 14.7 Å². The van der Waals surface area contributed by atoms with E-state index in [0.29, 0.717) is 31.0 Å². The van der Waals surface area contributed by atoms with Crippen LogP contribution in [0, 0.1) is 0 Å². The molecule has 166 valence electrons. The van der Waals surface area contributed by atoms with E-state index < -0.39 is 10.0 Å². The number of piperazine rings is 1. The van der Waals surface area contributed by atoms with Gasteiger partial charge < -0.3 is 9.80 Å². The molecule has 0 N–H and O–H groups in total. The van der Waals surface area contributed by atoms with Gasteiger partial charge in [0.25, 0.3) is 15.9 Å². The number of benzene rings is 1. The number of carbonyl (C=O) groups excluding carboxylic acids is 1. The Morgan fingerprint density at radius 1 is 0.969 bits per heavy atom. The molecule has 2 aromatic rings. The first-order valence-corrected chi connectivity index (χ1v) is 13.0. The van der Waals surface area contributed by atoms with Crippen LogP contribution in [0.5, 0.6) is 0 Å². The van der Waals surface area contributed by atoms with Crippen molar-refractivity contribution in [1.29, 1.82) is 0 Å². The number of sulfonamides is 1. The molecule has 9 heteroatoms. The minimum Gasteiger partial charge on any atom is -0.336 e. The van der Waals surface area contributed by atoms with Gasteiger partial charge in [0.2, 0.25) is 0 Å². The topological polar surface area (TPSA) is 73.3 Å². The zero-order valence-corrected chi connectivity index (χ0v) is 19.2. The predicted octanol–water partition coefficient (Wildman–Crippen LogP) is 2.56. The number of thiophene rings is 1. The fourth-order valence-electron chi connectivity index (χ4n) is 4.06. The highest BCUT2D eigenvalue weighted by Crippen LogP contribution is 2.29. The zero-order valence-electron chi connectivity index (χ0n) is 17.6. The largest absolute Gasteiger partial charge is 0.336 e. The Balaban J connectivity index is 1.17. The first kappa shape index (κ1) is 21.1. The van der Waals surface area contributed by atoms with Gasteiger partial charge in [-0.15, -0.1) is 15.7 Å². The van der Waals surface area contributed by atoms with Gasteiger partial charge in [0, 0.05) is 55.2 Å². The molecule has 3 aliphatic rings. The van der Waals surface area contributed by atoms with Gasteiger partial charge in [-0.2, -0.15) is 0 Å². The maximum Gasteiger partial charge on any atom is 0.256 e. The normalized spacial score (nSPS) is 20.5. The maximum atomic E-state index is 13.0. The van der Waals surface area contributed by atoms with Crippen molar-refractivity contribution in [3.63, 3.8) is 0 Å². The first-order valence-electron chi connectivity index (χ1n) is 10.6. The molecule has 0 atom stereocenters. The second kappa shape index (κ2) is 8.65. The van der Waals surface area contributed by atoms with Gasteiger partial charge in [-0.25, -0.2) is 8.42 Å². The number of fused-ring (bicyclic) bond motifs is 1. The molecule has 1 aromatic heterocycles.